The molecule has 0 radical (unpaired) electrons. The Morgan fingerprint density at radius 3 is 2.59 bits per heavy atom. The third-order valence-corrected chi connectivity index (χ3v) is 10.4. The molecule has 0 spiro atoms. The number of sulfonamides is 1. The van der Waals surface area contributed by atoms with Gasteiger partial charge in [0.25, 0.3) is 5.91 Å². The molecule has 15 heteroatoms. The SMILES string of the molecule is CC(=O)OC[C@@H]1CCCN1c1ccc(C(=O)Nc2n[nH]c3c2CN(S(=O)(=O)c2cc(F)cc(F)c2)CC3)c(NC2CCOCC2)c1. The molecule has 1 atom stereocenters. The number of anilines is 3. The molecule has 2 aromatic carbocycles. The molecule has 46 heavy (non-hydrogen) atoms. The molecule has 3 N–H and O–H groups in total. The van der Waals surface area contributed by atoms with Crippen LogP contribution in [0.3, 0.4) is 0 Å². The third kappa shape index (κ3) is 6.86. The molecule has 2 fully saturated rings. The molecular formula is C31H36F2N6O6S. The number of esters is 1. The number of halogens is 2. The van der Waals surface area contributed by atoms with Crippen LogP contribution >= 0.6 is 0 Å². The minimum Gasteiger partial charge on any atom is -0.464 e. The summed E-state index contributed by atoms with van der Waals surface area (Å²) in [5.41, 5.74) is 3.03. The highest BCUT2D eigenvalue weighted by Crippen LogP contribution is 2.33. The predicted octanol–water partition coefficient (Wildman–Crippen LogP) is 3.81. The van der Waals surface area contributed by atoms with E-state index in [0.29, 0.717) is 41.8 Å². The van der Waals surface area contributed by atoms with Gasteiger partial charge in [0.2, 0.25) is 10.0 Å². The summed E-state index contributed by atoms with van der Waals surface area (Å²) in [4.78, 5) is 26.9. The standard InChI is InChI=1S/C31H36F2N6O6S/c1-19(40)45-18-24-3-2-9-39(24)23-4-5-26(29(16-23)34-22-7-11-44-12-8-22)31(41)35-30-27-17-38(10-6-28(27)36-37-30)46(42,43)25-14-20(32)13-21(33)15-25/h4-5,13-16,22,24,34H,2-3,6-12,17-18H2,1H3,(H2,35,36,37,41)/t24-/m0/s1. The maximum absolute atomic E-state index is 13.8. The Morgan fingerprint density at radius 2 is 1.85 bits per heavy atom. The molecule has 1 amide bonds. The lowest BCUT2D eigenvalue weighted by Gasteiger charge is -2.29. The molecule has 3 aromatic rings. The van der Waals surface area contributed by atoms with Gasteiger partial charge in [-0.15, -0.1) is 0 Å². The first kappa shape index (κ1) is 31.9. The summed E-state index contributed by atoms with van der Waals surface area (Å²) in [6.45, 7) is 3.60. The van der Waals surface area contributed by atoms with E-state index in [4.69, 9.17) is 9.47 Å². The van der Waals surface area contributed by atoms with Crippen LogP contribution in [0.4, 0.5) is 26.0 Å². The predicted molar refractivity (Wildman–Crippen MR) is 165 cm³/mol. The fourth-order valence-electron chi connectivity index (χ4n) is 6.23. The second kappa shape index (κ2) is 13.3. The second-order valence-corrected chi connectivity index (χ2v) is 13.7. The molecule has 6 rings (SSSR count). The molecule has 3 aliphatic heterocycles. The first-order valence-electron chi connectivity index (χ1n) is 15.3. The highest BCUT2D eigenvalue weighted by atomic mass is 32.2. The summed E-state index contributed by atoms with van der Waals surface area (Å²) < 4.78 is 66.2. The Balaban J connectivity index is 1.24. The van der Waals surface area contributed by atoms with Crippen molar-refractivity contribution in [3.8, 4) is 0 Å². The van der Waals surface area contributed by atoms with Crippen molar-refractivity contribution >= 4 is 39.1 Å². The monoisotopic (exact) mass is 658 g/mol. The number of carbonyl (C=O) groups is 2. The Bertz CT molecular complexity index is 1710. The summed E-state index contributed by atoms with van der Waals surface area (Å²) in [7, 11) is -4.23. The zero-order chi connectivity index (χ0) is 32.4. The van der Waals surface area contributed by atoms with Crippen LogP contribution in [0.5, 0.6) is 0 Å². The fraction of sp³-hybridized carbons (Fsp3) is 0.452. The maximum atomic E-state index is 13.8. The number of hydrogen-bond donors (Lipinski definition) is 3. The van der Waals surface area contributed by atoms with E-state index >= 15 is 0 Å². The van der Waals surface area contributed by atoms with E-state index in [9.17, 15) is 26.8 Å². The van der Waals surface area contributed by atoms with Crippen LogP contribution in [0.1, 0.15) is 54.2 Å². The number of aromatic amines is 1. The smallest absolute Gasteiger partial charge is 0.302 e. The van der Waals surface area contributed by atoms with Gasteiger partial charge in [-0.05, 0) is 56.0 Å². The van der Waals surface area contributed by atoms with E-state index in [0.717, 1.165) is 54.4 Å². The van der Waals surface area contributed by atoms with Crippen LogP contribution < -0.4 is 15.5 Å². The summed E-state index contributed by atoms with van der Waals surface area (Å²) in [5, 5.41) is 13.5. The first-order chi connectivity index (χ1) is 22.1. The molecular weight excluding hydrogens is 622 g/mol. The van der Waals surface area contributed by atoms with E-state index < -0.39 is 32.5 Å². The van der Waals surface area contributed by atoms with Gasteiger partial charge in [0, 0.05) is 80.9 Å². The number of H-pyrrole nitrogens is 1. The number of hydrogen-bond acceptors (Lipinski definition) is 9. The van der Waals surface area contributed by atoms with Gasteiger partial charge in [-0.25, -0.2) is 17.2 Å². The van der Waals surface area contributed by atoms with Crippen molar-refractivity contribution in [2.24, 2.45) is 0 Å². The number of nitrogens with one attached hydrogen (secondary N) is 3. The highest BCUT2D eigenvalue weighted by Gasteiger charge is 2.33. The van der Waals surface area contributed by atoms with Crippen molar-refractivity contribution in [3.05, 3.63) is 64.9 Å². The normalized spacial score (nSPS) is 19.1. The lowest BCUT2D eigenvalue weighted by atomic mass is 10.1. The number of benzene rings is 2. The van der Waals surface area contributed by atoms with Crippen molar-refractivity contribution in [1.82, 2.24) is 14.5 Å². The number of fused-ring (bicyclic) bond motifs is 1. The van der Waals surface area contributed by atoms with E-state index in [1.807, 2.05) is 12.1 Å². The van der Waals surface area contributed by atoms with Crippen LogP contribution in [0.2, 0.25) is 0 Å². The van der Waals surface area contributed by atoms with Gasteiger partial charge in [0.1, 0.15) is 18.2 Å². The van der Waals surface area contributed by atoms with Crippen LogP contribution in [0.25, 0.3) is 0 Å². The average molecular weight is 659 g/mol. The lowest BCUT2D eigenvalue weighted by Crippen LogP contribution is -2.36. The number of amides is 1. The van der Waals surface area contributed by atoms with Crippen molar-refractivity contribution in [2.75, 3.05) is 48.4 Å². The molecule has 12 nitrogen and oxygen atoms in total. The van der Waals surface area contributed by atoms with Gasteiger partial charge in [0.05, 0.1) is 16.5 Å². The summed E-state index contributed by atoms with van der Waals surface area (Å²) in [6.07, 6.45) is 3.64. The molecule has 0 bridgehead atoms. The number of aromatic nitrogens is 2. The maximum Gasteiger partial charge on any atom is 0.302 e. The van der Waals surface area contributed by atoms with Crippen LogP contribution in [0, 0.1) is 11.6 Å². The van der Waals surface area contributed by atoms with Gasteiger partial charge in [-0.2, -0.15) is 9.40 Å². The zero-order valence-electron chi connectivity index (χ0n) is 25.4. The topological polar surface area (TPSA) is 146 Å². The fourth-order valence-corrected chi connectivity index (χ4v) is 7.68. The minimum atomic E-state index is -4.23. The molecule has 0 aliphatic carbocycles. The summed E-state index contributed by atoms with van der Waals surface area (Å²) >= 11 is 0. The first-order valence-corrected chi connectivity index (χ1v) is 16.7. The second-order valence-electron chi connectivity index (χ2n) is 11.7. The van der Waals surface area contributed by atoms with Crippen molar-refractivity contribution < 1.29 is 36.3 Å². The van der Waals surface area contributed by atoms with Crippen molar-refractivity contribution in [1.29, 1.82) is 0 Å². The molecule has 4 heterocycles. The Labute approximate surface area is 265 Å². The number of nitrogens with zero attached hydrogens (tertiary/aromatic N) is 3. The molecule has 2 saturated heterocycles. The van der Waals surface area contributed by atoms with Gasteiger partial charge in [-0.1, -0.05) is 0 Å². The largest absolute Gasteiger partial charge is 0.464 e. The van der Waals surface area contributed by atoms with Gasteiger partial charge < -0.3 is 25.0 Å². The zero-order valence-corrected chi connectivity index (χ0v) is 26.2. The molecule has 3 aliphatic rings. The Hall–Kier alpha value is -4.08. The van der Waals surface area contributed by atoms with Crippen LogP contribution in [-0.2, 0) is 37.3 Å². The number of carbonyl (C=O) groups excluding carboxylic acids is 2. The molecule has 0 unspecified atom stereocenters. The van der Waals surface area contributed by atoms with Crippen LogP contribution in [0.15, 0.2) is 41.3 Å². The van der Waals surface area contributed by atoms with E-state index in [2.05, 4.69) is 25.7 Å². The quantitative estimate of drug-likeness (QED) is 0.292. The average Bonchev–Trinajstić information content (AvgIpc) is 3.67. The van der Waals surface area contributed by atoms with E-state index in [1.165, 1.54) is 6.92 Å². The van der Waals surface area contributed by atoms with Gasteiger partial charge in [-0.3, -0.25) is 14.7 Å². The molecule has 1 aromatic heterocycles. The number of rotatable bonds is 9. The highest BCUT2D eigenvalue weighted by molar-refractivity contribution is 7.89. The molecule has 0 saturated carbocycles. The third-order valence-electron chi connectivity index (χ3n) is 8.62. The Morgan fingerprint density at radius 1 is 1.09 bits per heavy atom. The molecule has 246 valence electrons. The number of ether oxygens (including phenoxy) is 2. The summed E-state index contributed by atoms with van der Waals surface area (Å²) in [6, 6.07) is 7.83. The summed E-state index contributed by atoms with van der Waals surface area (Å²) in [5.74, 6) is -2.58. The lowest BCUT2D eigenvalue weighted by molar-refractivity contribution is -0.141. The van der Waals surface area contributed by atoms with Crippen molar-refractivity contribution in [3.63, 3.8) is 0 Å². The van der Waals surface area contributed by atoms with Gasteiger partial charge in [0.15, 0.2) is 5.82 Å². The van der Waals surface area contributed by atoms with Crippen molar-refractivity contribution in [2.45, 2.75) is 62.6 Å². The van der Waals surface area contributed by atoms with Crippen LogP contribution in [-0.4, -0.2) is 79.8 Å². The minimum absolute atomic E-state index is 0.0261. The van der Waals surface area contributed by atoms with Gasteiger partial charge >= 0.3 is 5.97 Å². The Kier molecular flexibility index (Phi) is 9.25. The van der Waals surface area contributed by atoms with E-state index in [-0.39, 0.29) is 50.0 Å². The van der Waals surface area contributed by atoms with E-state index in [1.54, 1.807) is 6.07 Å².